The highest BCUT2D eigenvalue weighted by molar-refractivity contribution is 7.79. The average Bonchev–Trinajstić information content (AvgIpc) is 2.15. The second kappa shape index (κ2) is 2.64. The molecule has 0 aliphatic carbocycles. The van der Waals surface area contributed by atoms with E-state index in [4.69, 9.17) is 4.74 Å². The van der Waals surface area contributed by atoms with Gasteiger partial charge in [-0.3, -0.25) is 4.79 Å². The van der Waals surface area contributed by atoms with Gasteiger partial charge in [0.05, 0.1) is 0 Å². The minimum absolute atomic E-state index is 0.409. The van der Waals surface area contributed by atoms with Crippen molar-refractivity contribution >= 4 is 24.8 Å². The Hall–Kier alpha value is -0.710. The lowest BCUT2D eigenvalue weighted by Crippen LogP contribution is -2.47. The quantitative estimate of drug-likeness (QED) is 0.608. The molecule has 5 heteroatoms. The molecule has 1 fully saturated rings. The number of thiol groups is 1. The van der Waals surface area contributed by atoms with Crippen molar-refractivity contribution < 1.29 is 14.3 Å². The summed E-state index contributed by atoms with van der Waals surface area (Å²) in [4.78, 5) is 22.6. The fourth-order valence-corrected chi connectivity index (χ4v) is 1.25. The molecule has 0 aromatic rings. The van der Waals surface area contributed by atoms with Crippen LogP contribution in [0.5, 0.6) is 0 Å². The predicted molar refractivity (Wildman–Crippen MR) is 50.2 cm³/mol. The summed E-state index contributed by atoms with van der Waals surface area (Å²) in [5, 5.41) is 0. The number of cyclic esters (lactones) is 1. The van der Waals surface area contributed by atoms with Crippen LogP contribution in [-0.4, -0.2) is 21.9 Å². The summed E-state index contributed by atoms with van der Waals surface area (Å²) in [6, 6.07) is 0. The fourth-order valence-electron chi connectivity index (χ4n) is 1.02. The molecule has 0 N–H and O–H groups in total. The van der Waals surface area contributed by atoms with Crippen LogP contribution in [0.1, 0.15) is 27.7 Å². The van der Waals surface area contributed by atoms with Gasteiger partial charge in [-0.25, -0.2) is 4.79 Å². The molecular formula is C8H13NO3S. The zero-order chi connectivity index (χ0) is 10.4. The first kappa shape index (κ1) is 10.4. The van der Waals surface area contributed by atoms with Crippen molar-refractivity contribution in [3.8, 4) is 0 Å². The maximum Gasteiger partial charge on any atom is 0.427 e. The molecule has 0 saturated carbocycles. The van der Waals surface area contributed by atoms with Crippen molar-refractivity contribution in [1.29, 1.82) is 0 Å². The molecule has 0 bridgehead atoms. The Morgan fingerprint density at radius 2 is 1.85 bits per heavy atom. The van der Waals surface area contributed by atoms with Crippen molar-refractivity contribution in [3.63, 3.8) is 0 Å². The van der Waals surface area contributed by atoms with Crippen LogP contribution >= 0.6 is 12.8 Å². The molecule has 1 aliphatic heterocycles. The molecule has 13 heavy (non-hydrogen) atoms. The van der Waals surface area contributed by atoms with E-state index in [0.717, 1.165) is 0 Å². The highest BCUT2D eigenvalue weighted by Gasteiger charge is 2.56. The Balaban J connectivity index is 3.09. The third-order valence-corrected chi connectivity index (χ3v) is 2.84. The Morgan fingerprint density at radius 3 is 2.00 bits per heavy atom. The Kier molecular flexibility index (Phi) is 2.10. The molecule has 2 amide bonds. The van der Waals surface area contributed by atoms with Crippen LogP contribution in [0.15, 0.2) is 0 Å². The standard InChI is InChI=1S/C8H13NO3S/c1-7(2,3)8(4)5(10)9(13)6(11)12-8/h13H,1-4H3. The van der Waals surface area contributed by atoms with Gasteiger partial charge in [-0.1, -0.05) is 33.6 Å². The molecule has 1 atom stereocenters. The highest BCUT2D eigenvalue weighted by atomic mass is 32.1. The van der Waals surface area contributed by atoms with Crippen LogP contribution in [0.3, 0.4) is 0 Å². The minimum atomic E-state index is -1.11. The molecule has 1 rings (SSSR count). The van der Waals surface area contributed by atoms with Crippen LogP contribution in [0.4, 0.5) is 4.79 Å². The van der Waals surface area contributed by atoms with Gasteiger partial charge in [0.15, 0.2) is 5.60 Å². The molecule has 1 heterocycles. The van der Waals surface area contributed by atoms with E-state index in [1.807, 2.05) is 20.8 Å². The van der Waals surface area contributed by atoms with E-state index in [1.165, 1.54) is 0 Å². The lowest BCUT2D eigenvalue weighted by molar-refractivity contribution is -0.141. The van der Waals surface area contributed by atoms with Crippen LogP contribution in [0.2, 0.25) is 0 Å². The average molecular weight is 203 g/mol. The zero-order valence-electron chi connectivity index (χ0n) is 8.12. The van der Waals surface area contributed by atoms with Crippen LogP contribution in [0.25, 0.3) is 0 Å². The SMILES string of the molecule is CC(C)(C)C1(C)OC(=O)N(S)C1=O. The second-order valence-corrected chi connectivity index (χ2v) is 4.67. The van der Waals surface area contributed by atoms with E-state index in [2.05, 4.69) is 12.8 Å². The second-order valence-electron chi connectivity index (χ2n) is 4.27. The number of amides is 2. The largest absolute Gasteiger partial charge is 0.431 e. The minimum Gasteiger partial charge on any atom is -0.431 e. The lowest BCUT2D eigenvalue weighted by atomic mass is 9.77. The predicted octanol–water partition coefficient (Wildman–Crippen LogP) is 1.61. The smallest absolute Gasteiger partial charge is 0.427 e. The van der Waals surface area contributed by atoms with E-state index in [1.54, 1.807) is 6.92 Å². The summed E-state index contributed by atoms with van der Waals surface area (Å²) < 4.78 is 5.71. The van der Waals surface area contributed by atoms with Gasteiger partial charge in [0.2, 0.25) is 0 Å². The van der Waals surface area contributed by atoms with Gasteiger partial charge in [-0.2, -0.15) is 4.31 Å². The maximum atomic E-state index is 11.6. The van der Waals surface area contributed by atoms with Crippen molar-refractivity contribution in [2.45, 2.75) is 33.3 Å². The number of ether oxygens (including phenoxy) is 1. The van der Waals surface area contributed by atoms with Gasteiger partial charge in [-0.15, -0.1) is 0 Å². The molecule has 1 saturated heterocycles. The van der Waals surface area contributed by atoms with E-state index in [9.17, 15) is 9.59 Å². The first-order chi connectivity index (χ1) is 5.70. The van der Waals surface area contributed by atoms with E-state index in [-0.39, 0.29) is 0 Å². The number of carbonyl (C=O) groups is 2. The molecule has 1 unspecified atom stereocenters. The van der Waals surface area contributed by atoms with E-state index < -0.39 is 23.0 Å². The normalized spacial score (nSPS) is 29.5. The monoisotopic (exact) mass is 203 g/mol. The summed E-state index contributed by atoms with van der Waals surface area (Å²) in [7, 11) is 0. The van der Waals surface area contributed by atoms with Crippen molar-refractivity contribution in [2.75, 3.05) is 0 Å². The number of rotatable bonds is 0. The Morgan fingerprint density at radius 1 is 1.38 bits per heavy atom. The van der Waals surface area contributed by atoms with E-state index in [0.29, 0.717) is 4.31 Å². The third-order valence-electron chi connectivity index (χ3n) is 2.50. The Labute approximate surface area is 82.8 Å². The molecule has 0 aromatic carbocycles. The van der Waals surface area contributed by atoms with Crippen LogP contribution in [-0.2, 0) is 9.53 Å². The summed E-state index contributed by atoms with van der Waals surface area (Å²) in [5.74, 6) is -0.409. The van der Waals surface area contributed by atoms with E-state index >= 15 is 0 Å². The number of imide groups is 1. The fraction of sp³-hybridized carbons (Fsp3) is 0.750. The van der Waals surface area contributed by atoms with Gasteiger partial charge in [0.1, 0.15) is 0 Å². The molecule has 74 valence electrons. The number of hydrogen-bond donors (Lipinski definition) is 1. The van der Waals surface area contributed by atoms with Crippen molar-refractivity contribution in [2.24, 2.45) is 5.41 Å². The summed E-state index contributed by atoms with van der Waals surface area (Å²) in [5.41, 5.74) is -1.54. The number of carbonyl (C=O) groups excluding carboxylic acids is 2. The zero-order valence-corrected chi connectivity index (χ0v) is 9.01. The van der Waals surface area contributed by atoms with Gasteiger partial charge >= 0.3 is 6.09 Å². The summed E-state index contributed by atoms with van der Waals surface area (Å²) >= 11 is 3.74. The summed E-state index contributed by atoms with van der Waals surface area (Å²) in [6.07, 6.45) is -0.703. The van der Waals surface area contributed by atoms with Crippen LogP contribution < -0.4 is 0 Å². The molecular weight excluding hydrogens is 190 g/mol. The van der Waals surface area contributed by atoms with Gasteiger partial charge < -0.3 is 4.74 Å². The molecule has 0 spiro atoms. The van der Waals surface area contributed by atoms with Crippen LogP contribution in [0, 0.1) is 5.41 Å². The molecule has 0 radical (unpaired) electrons. The third kappa shape index (κ3) is 1.31. The summed E-state index contributed by atoms with van der Waals surface area (Å²) in [6.45, 7) is 7.12. The molecule has 0 aromatic heterocycles. The lowest BCUT2D eigenvalue weighted by Gasteiger charge is -2.33. The van der Waals surface area contributed by atoms with Crippen molar-refractivity contribution in [3.05, 3.63) is 0 Å². The number of nitrogens with zero attached hydrogens (tertiary/aromatic N) is 1. The Bertz CT molecular complexity index is 271. The first-order valence-corrected chi connectivity index (χ1v) is 4.36. The molecule has 4 nitrogen and oxygen atoms in total. The van der Waals surface area contributed by atoms with Gasteiger partial charge in [0, 0.05) is 5.41 Å². The van der Waals surface area contributed by atoms with Crippen molar-refractivity contribution in [1.82, 2.24) is 4.31 Å². The topological polar surface area (TPSA) is 46.6 Å². The first-order valence-electron chi connectivity index (χ1n) is 3.96. The van der Waals surface area contributed by atoms with Gasteiger partial charge in [0.25, 0.3) is 5.91 Å². The number of hydrogen-bond acceptors (Lipinski definition) is 4. The molecule has 1 aliphatic rings. The van der Waals surface area contributed by atoms with Gasteiger partial charge in [-0.05, 0) is 6.92 Å². The maximum absolute atomic E-state index is 11.6. The highest BCUT2D eigenvalue weighted by Crippen LogP contribution is 2.40.